The lowest BCUT2D eigenvalue weighted by molar-refractivity contribution is -0.148. The Labute approximate surface area is 225 Å². The fourth-order valence-electron chi connectivity index (χ4n) is 3.95. The minimum absolute atomic E-state index is 0. The summed E-state index contributed by atoms with van der Waals surface area (Å²) in [5.41, 5.74) is 10.8. The van der Waals surface area contributed by atoms with Crippen LogP contribution in [0.3, 0.4) is 0 Å². The van der Waals surface area contributed by atoms with Crippen LogP contribution in [0.2, 0.25) is 0 Å². The van der Waals surface area contributed by atoms with Gasteiger partial charge in [-0.15, -0.1) is 12.4 Å². The van der Waals surface area contributed by atoms with Gasteiger partial charge in [-0.05, 0) is 19.8 Å². The zero-order valence-corrected chi connectivity index (χ0v) is 23.6. The molecule has 2 amide bonds. The second-order valence-corrected chi connectivity index (χ2v) is 9.80. The number of unbranched alkanes of at least 4 members (excludes halogenated alkanes) is 15. The fourth-order valence-corrected chi connectivity index (χ4v) is 3.95. The normalized spacial score (nSPS) is 13.3. The number of ether oxygens (including phenoxy) is 1. The third-order valence-corrected chi connectivity index (χ3v) is 6.35. The molecule has 0 aromatic carbocycles. The van der Waals surface area contributed by atoms with Crippen molar-refractivity contribution < 1.29 is 24.2 Å². The predicted octanol–water partition coefficient (Wildman–Crippen LogP) is 4.67. The quantitative estimate of drug-likeness (QED) is 0.104. The summed E-state index contributed by atoms with van der Waals surface area (Å²) in [4.78, 5) is 35.5. The van der Waals surface area contributed by atoms with E-state index in [4.69, 9.17) is 16.2 Å². The highest BCUT2D eigenvalue weighted by molar-refractivity contribution is 5.88. The second kappa shape index (κ2) is 25.3. The Morgan fingerprint density at radius 3 is 1.61 bits per heavy atom. The van der Waals surface area contributed by atoms with Gasteiger partial charge in [-0.1, -0.05) is 103 Å². The van der Waals surface area contributed by atoms with Gasteiger partial charge in [0.2, 0.25) is 11.8 Å². The molecule has 6 N–H and O–H groups in total. The summed E-state index contributed by atoms with van der Waals surface area (Å²) in [7, 11) is 0. The van der Waals surface area contributed by atoms with Gasteiger partial charge in [0.05, 0.1) is 12.7 Å². The third kappa shape index (κ3) is 21.9. The summed E-state index contributed by atoms with van der Waals surface area (Å²) in [5.74, 6) is -1.86. The van der Waals surface area contributed by atoms with Gasteiger partial charge in [0.1, 0.15) is 12.1 Å². The first-order valence-corrected chi connectivity index (χ1v) is 14.0. The van der Waals surface area contributed by atoms with Crippen LogP contribution in [0.15, 0.2) is 0 Å². The van der Waals surface area contributed by atoms with E-state index < -0.39 is 36.0 Å². The van der Waals surface area contributed by atoms with Gasteiger partial charge in [-0.3, -0.25) is 9.59 Å². The Bertz CT molecular complexity index is 564. The summed E-state index contributed by atoms with van der Waals surface area (Å²) >= 11 is 0. The Balaban J connectivity index is 0. The molecule has 0 radical (unpaired) electrons. The Morgan fingerprint density at radius 2 is 1.22 bits per heavy atom. The first-order valence-electron chi connectivity index (χ1n) is 14.0. The topological polar surface area (TPSA) is 145 Å². The minimum atomic E-state index is -1.17. The molecule has 0 saturated heterocycles. The van der Waals surface area contributed by atoms with Gasteiger partial charge < -0.3 is 26.6 Å². The highest BCUT2D eigenvalue weighted by Gasteiger charge is 2.27. The lowest BCUT2D eigenvalue weighted by Gasteiger charge is -2.20. The number of primary amides is 1. The molecule has 9 heteroatoms. The lowest BCUT2D eigenvalue weighted by Crippen LogP contribution is -2.52. The fraction of sp³-hybridized carbons (Fsp3) is 0.889. The maximum Gasteiger partial charge on any atom is 0.328 e. The molecular formula is C27H54ClN3O5. The molecule has 0 aliphatic rings. The number of nitrogens with one attached hydrogen (secondary N) is 1. The highest BCUT2D eigenvalue weighted by Crippen LogP contribution is 2.14. The third-order valence-electron chi connectivity index (χ3n) is 6.35. The van der Waals surface area contributed by atoms with Crippen LogP contribution in [0.5, 0.6) is 0 Å². The van der Waals surface area contributed by atoms with Gasteiger partial charge in [0.25, 0.3) is 0 Å². The number of esters is 1. The van der Waals surface area contributed by atoms with Crippen molar-refractivity contribution in [3.05, 3.63) is 0 Å². The molecule has 0 spiro atoms. The number of halogens is 1. The number of nitrogens with two attached hydrogens (primary N) is 2. The van der Waals surface area contributed by atoms with E-state index in [0.29, 0.717) is 0 Å². The SMILES string of the molecule is CCCCCCCCCCCCCCCCCCOC(=O)[C@@H](CCC(N)=O)NC(=O)[C@@H](N)[C@@H](C)O.Cl. The molecule has 0 aliphatic carbocycles. The smallest absolute Gasteiger partial charge is 0.328 e. The zero-order chi connectivity index (χ0) is 26.3. The van der Waals surface area contributed by atoms with E-state index in [0.717, 1.165) is 19.3 Å². The lowest BCUT2D eigenvalue weighted by atomic mass is 10.0. The van der Waals surface area contributed by atoms with E-state index in [-0.39, 0.29) is 31.9 Å². The van der Waals surface area contributed by atoms with Crippen LogP contribution in [0.4, 0.5) is 0 Å². The number of rotatable bonds is 24. The van der Waals surface area contributed by atoms with Gasteiger partial charge in [0.15, 0.2) is 0 Å². The van der Waals surface area contributed by atoms with Crippen LogP contribution in [-0.2, 0) is 19.1 Å². The van der Waals surface area contributed by atoms with Crippen molar-refractivity contribution in [3.8, 4) is 0 Å². The number of carbonyl (C=O) groups excluding carboxylic acids is 3. The van der Waals surface area contributed by atoms with Crippen LogP contribution in [0, 0.1) is 0 Å². The van der Waals surface area contributed by atoms with Crippen LogP contribution in [-0.4, -0.2) is 47.7 Å². The maximum absolute atomic E-state index is 12.4. The summed E-state index contributed by atoms with van der Waals surface area (Å²) in [6, 6.07) is -2.18. The molecule has 0 heterocycles. The molecule has 0 bridgehead atoms. The Hall–Kier alpha value is -1.38. The molecule has 0 saturated carbocycles. The Kier molecular flexibility index (Phi) is 25.8. The monoisotopic (exact) mass is 535 g/mol. The van der Waals surface area contributed by atoms with E-state index in [1.807, 2.05) is 0 Å². The highest BCUT2D eigenvalue weighted by atomic mass is 35.5. The first-order chi connectivity index (χ1) is 16.8. The van der Waals surface area contributed by atoms with Gasteiger partial charge in [-0.25, -0.2) is 4.79 Å². The van der Waals surface area contributed by atoms with Crippen LogP contribution >= 0.6 is 12.4 Å². The summed E-state index contributed by atoms with van der Waals surface area (Å²) < 4.78 is 5.29. The zero-order valence-electron chi connectivity index (χ0n) is 22.8. The number of hydrogen-bond donors (Lipinski definition) is 4. The molecular weight excluding hydrogens is 482 g/mol. The van der Waals surface area contributed by atoms with E-state index in [2.05, 4.69) is 12.2 Å². The number of hydrogen-bond acceptors (Lipinski definition) is 6. The standard InChI is InChI=1S/C27H53N3O5.ClH/c1-3-4-5-6-7-8-9-10-11-12-13-14-15-16-17-18-21-35-27(34)23(19-20-24(28)32)30-26(33)25(29)22(2)31;/h22-23,25,31H,3-21,29H2,1-2H3,(H2,28,32)(H,30,33);1H/t22-,23-,25+;/m1./s1. The van der Waals surface area contributed by atoms with Crippen LogP contribution in [0.25, 0.3) is 0 Å². The number of aliphatic hydroxyl groups is 1. The summed E-state index contributed by atoms with van der Waals surface area (Å²) in [6.45, 7) is 3.91. The molecule has 36 heavy (non-hydrogen) atoms. The predicted molar refractivity (Wildman–Crippen MR) is 148 cm³/mol. The van der Waals surface area contributed by atoms with Crippen molar-refractivity contribution in [2.24, 2.45) is 11.5 Å². The molecule has 0 aliphatic heterocycles. The number of aliphatic hydroxyl groups excluding tert-OH is 1. The minimum Gasteiger partial charge on any atom is -0.464 e. The largest absolute Gasteiger partial charge is 0.464 e. The molecule has 0 aromatic rings. The molecule has 0 rings (SSSR count). The van der Waals surface area contributed by atoms with Crippen LogP contribution < -0.4 is 16.8 Å². The van der Waals surface area contributed by atoms with E-state index in [1.165, 1.54) is 90.4 Å². The molecule has 8 nitrogen and oxygen atoms in total. The average Bonchev–Trinajstić information content (AvgIpc) is 2.82. The molecule has 3 atom stereocenters. The van der Waals surface area contributed by atoms with Crippen molar-refractivity contribution in [1.29, 1.82) is 0 Å². The van der Waals surface area contributed by atoms with Crippen molar-refractivity contribution in [3.63, 3.8) is 0 Å². The maximum atomic E-state index is 12.4. The average molecular weight is 536 g/mol. The van der Waals surface area contributed by atoms with Crippen molar-refractivity contribution in [2.45, 2.75) is 148 Å². The number of carbonyl (C=O) groups is 3. The number of amides is 2. The van der Waals surface area contributed by atoms with Crippen molar-refractivity contribution >= 4 is 30.2 Å². The second-order valence-electron chi connectivity index (χ2n) is 9.80. The molecule has 0 fully saturated rings. The van der Waals surface area contributed by atoms with Gasteiger partial charge in [0, 0.05) is 6.42 Å². The van der Waals surface area contributed by atoms with Crippen molar-refractivity contribution in [2.75, 3.05) is 6.61 Å². The summed E-state index contributed by atoms with van der Waals surface area (Å²) in [5, 5.41) is 11.9. The molecule has 214 valence electrons. The summed E-state index contributed by atoms with van der Waals surface area (Å²) in [6.07, 6.45) is 19.2. The van der Waals surface area contributed by atoms with Gasteiger partial charge in [-0.2, -0.15) is 0 Å². The van der Waals surface area contributed by atoms with E-state index in [1.54, 1.807) is 0 Å². The van der Waals surface area contributed by atoms with E-state index >= 15 is 0 Å². The van der Waals surface area contributed by atoms with Gasteiger partial charge >= 0.3 is 5.97 Å². The Morgan fingerprint density at radius 1 is 0.806 bits per heavy atom. The van der Waals surface area contributed by atoms with Crippen LogP contribution in [0.1, 0.15) is 129 Å². The first kappa shape index (κ1) is 36.8. The molecule has 0 unspecified atom stereocenters. The van der Waals surface area contributed by atoms with E-state index in [9.17, 15) is 19.5 Å². The molecule has 0 aromatic heterocycles. The van der Waals surface area contributed by atoms with Crippen molar-refractivity contribution in [1.82, 2.24) is 5.32 Å².